The number of piperazine rings is 1. The number of ether oxygens (including phenoxy) is 1. The average molecular weight is 332 g/mol. The summed E-state index contributed by atoms with van der Waals surface area (Å²) in [6.45, 7) is 6.25. The predicted molar refractivity (Wildman–Crippen MR) is 90.2 cm³/mol. The standard InChI is InChI=1S/C17H24N4O3/c1-2-24-17(23)21-9-7-20(8-10-21)16(22)14-11-15(13-18-12-14)19-5-3-4-6-19/h11-13H,2-10H2,1H3. The second-order valence-electron chi connectivity index (χ2n) is 6.10. The molecule has 0 unspecified atom stereocenters. The Hall–Kier alpha value is -2.31. The molecule has 2 aliphatic heterocycles. The van der Waals surface area contributed by atoms with Crippen LogP contribution in [0.2, 0.25) is 0 Å². The van der Waals surface area contributed by atoms with Gasteiger partial charge >= 0.3 is 6.09 Å². The van der Waals surface area contributed by atoms with Gasteiger partial charge in [0.05, 0.1) is 24.1 Å². The van der Waals surface area contributed by atoms with Gasteiger partial charge in [-0.2, -0.15) is 0 Å². The molecule has 0 aliphatic carbocycles. The molecule has 130 valence electrons. The number of pyridine rings is 1. The molecule has 24 heavy (non-hydrogen) atoms. The first-order valence-electron chi connectivity index (χ1n) is 8.60. The number of carbonyl (C=O) groups excluding carboxylic acids is 2. The molecule has 0 aromatic carbocycles. The molecule has 0 N–H and O–H groups in total. The summed E-state index contributed by atoms with van der Waals surface area (Å²) in [5.74, 6) is -0.0212. The highest BCUT2D eigenvalue weighted by molar-refractivity contribution is 5.95. The Labute approximate surface area is 142 Å². The predicted octanol–water partition coefficient (Wildman–Crippen LogP) is 1.60. The van der Waals surface area contributed by atoms with Crippen molar-refractivity contribution in [2.24, 2.45) is 0 Å². The molecule has 0 atom stereocenters. The van der Waals surface area contributed by atoms with Crippen molar-refractivity contribution >= 4 is 17.7 Å². The number of nitrogens with zero attached hydrogens (tertiary/aromatic N) is 4. The minimum atomic E-state index is -0.303. The number of hydrogen-bond acceptors (Lipinski definition) is 5. The molecule has 0 spiro atoms. The van der Waals surface area contributed by atoms with Crippen LogP contribution in [0.25, 0.3) is 0 Å². The number of hydrogen-bond donors (Lipinski definition) is 0. The van der Waals surface area contributed by atoms with E-state index < -0.39 is 0 Å². The quantitative estimate of drug-likeness (QED) is 0.841. The zero-order valence-electron chi connectivity index (χ0n) is 14.1. The van der Waals surface area contributed by atoms with E-state index in [0.29, 0.717) is 38.3 Å². The Morgan fingerprint density at radius 1 is 1.04 bits per heavy atom. The fourth-order valence-corrected chi connectivity index (χ4v) is 3.18. The van der Waals surface area contributed by atoms with Crippen LogP contribution in [0.3, 0.4) is 0 Å². The van der Waals surface area contributed by atoms with E-state index in [1.165, 1.54) is 12.8 Å². The molecule has 7 heteroatoms. The topological polar surface area (TPSA) is 66.0 Å². The van der Waals surface area contributed by atoms with Gasteiger partial charge in [0.2, 0.25) is 0 Å². The van der Waals surface area contributed by atoms with Crippen molar-refractivity contribution < 1.29 is 14.3 Å². The summed E-state index contributed by atoms with van der Waals surface area (Å²) in [5, 5.41) is 0. The SMILES string of the molecule is CCOC(=O)N1CCN(C(=O)c2cncc(N3CCCC3)c2)CC1. The zero-order chi connectivity index (χ0) is 16.9. The van der Waals surface area contributed by atoms with E-state index in [-0.39, 0.29) is 12.0 Å². The van der Waals surface area contributed by atoms with Crippen molar-refractivity contribution in [1.29, 1.82) is 0 Å². The minimum Gasteiger partial charge on any atom is -0.450 e. The van der Waals surface area contributed by atoms with Gasteiger partial charge in [-0.05, 0) is 25.8 Å². The summed E-state index contributed by atoms with van der Waals surface area (Å²) in [6, 6.07) is 1.93. The van der Waals surface area contributed by atoms with Gasteiger partial charge in [0.25, 0.3) is 5.91 Å². The van der Waals surface area contributed by atoms with E-state index in [1.54, 1.807) is 22.9 Å². The van der Waals surface area contributed by atoms with E-state index in [1.807, 2.05) is 12.3 Å². The third-order valence-electron chi connectivity index (χ3n) is 4.53. The minimum absolute atomic E-state index is 0.0212. The molecule has 2 fully saturated rings. The summed E-state index contributed by atoms with van der Waals surface area (Å²) in [4.78, 5) is 34.4. The van der Waals surface area contributed by atoms with Crippen LogP contribution in [0.5, 0.6) is 0 Å². The Balaban J connectivity index is 1.61. The Morgan fingerprint density at radius 3 is 2.38 bits per heavy atom. The summed E-state index contributed by atoms with van der Waals surface area (Å²) in [6.07, 6.45) is 5.52. The Kier molecular flexibility index (Phi) is 5.17. The first-order chi connectivity index (χ1) is 11.7. The summed E-state index contributed by atoms with van der Waals surface area (Å²) < 4.78 is 5.00. The molecule has 2 saturated heterocycles. The maximum absolute atomic E-state index is 12.7. The Bertz CT molecular complexity index is 593. The third-order valence-corrected chi connectivity index (χ3v) is 4.53. The van der Waals surface area contributed by atoms with Crippen LogP contribution in [0.15, 0.2) is 18.5 Å². The highest BCUT2D eigenvalue weighted by atomic mass is 16.6. The molecule has 1 aromatic rings. The molecule has 2 aliphatic rings. The fourth-order valence-electron chi connectivity index (χ4n) is 3.18. The van der Waals surface area contributed by atoms with Crippen molar-refractivity contribution in [2.75, 3.05) is 50.8 Å². The molecule has 7 nitrogen and oxygen atoms in total. The molecular weight excluding hydrogens is 308 g/mol. The normalized spacial score (nSPS) is 18.0. The number of carbonyl (C=O) groups is 2. The second kappa shape index (κ2) is 7.51. The molecule has 3 rings (SSSR count). The third kappa shape index (κ3) is 3.60. The summed E-state index contributed by atoms with van der Waals surface area (Å²) in [7, 11) is 0. The van der Waals surface area contributed by atoms with Gasteiger partial charge in [0.15, 0.2) is 0 Å². The van der Waals surface area contributed by atoms with Crippen LogP contribution in [-0.4, -0.2) is 72.7 Å². The number of rotatable bonds is 3. The van der Waals surface area contributed by atoms with Crippen LogP contribution in [-0.2, 0) is 4.74 Å². The highest BCUT2D eigenvalue weighted by Crippen LogP contribution is 2.21. The fraction of sp³-hybridized carbons (Fsp3) is 0.588. The second-order valence-corrected chi connectivity index (χ2v) is 6.10. The van der Waals surface area contributed by atoms with Crippen LogP contribution in [0.1, 0.15) is 30.1 Å². The largest absolute Gasteiger partial charge is 0.450 e. The average Bonchev–Trinajstić information content (AvgIpc) is 3.16. The molecule has 0 radical (unpaired) electrons. The van der Waals surface area contributed by atoms with Gasteiger partial charge in [0.1, 0.15) is 0 Å². The Morgan fingerprint density at radius 2 is 1.71 bits per heavy atom. The van der Waals surface area contributed by atoms with Crippen molar-refractivity contribution in [1.82, 2.24) is 14.8 Å². The van der Waals surface area contributed by atoms with E-state index >= 15 is 0 Å². The van der Waals surface area contributed by atoms with E-state index in [2.05, 4.69) is 9.88 Å². The summed E-state index contributed by atoms with van der Waals surface area (Å²) in [5.41, 5.74) is 1.63. The summed E-state index contributed by atoms with van der Waals surface area (Å²) >= 11 is 0. The lowest BCUT2D eigenvalue weighted by atomic mass is 10.2. The van der Waals surface area contributed by atoms with Gasteiger partial charge in [-0.1, -0.05) is 0 Å². The van der Waals surface area contributed by atoms with E-state index in [0.717, 1.165) is 18.8 Å². The highest BCUT2D eigenvalue weighted by Gasteiger charge is 2.26. The molecule has 2 amide bonds. The molecule has 1 aromatic heterocycles. The first kappa shape index (κ1) is 16.5. The van der Waals surface area contributed by atoms with Gasteiger partial charge in [-0.3, -0.25) is 9.78 Å². The van der Waals surface area contributed by atoms with Crippen LogP contribution in [0.4, 0.5) is 10.5 Å². The van der Waals surface area contributed by atoms with Gasteiger partial charge < -0.3 is 19.4 Å². The zero-order valence-corrected chi connectivity index (χ0v) is 14.1. The van der Waals surface area contributed by atoms with Gasteiger partial charge in [-0.25, -0.2) is 4.79 Å². The molecule has 3 heterocycles. The smallest absolute Gasteiger partial charge is 0.409 e. The lowest BCUT2D eigenvalue weighted by Crippen LogP contribution is -2.50. The van der Waals surface area contributed by atoms with Gasteiger partial charge in [-0.15, -0.1) is 0 Å². The molecular formula is C17H24N4O3. The number of amides is 2. The number of anilines is 1. The van der Waals surface area contributed by atoms with Crippen molar-refractivity contribution in [3.8, 4) is 0 Å². The lowest BCUT2D eigenvalue weighted by molar-refractivity contribution is 0.0570. The van der Waals surface area contributed by atoms with Crippen LogP contribution >= 0.6 is 0 Å². The lowest BCUT2D eigenvalue weighted by Gasteiger charge is -2.34. The monoisotopic (exact) mass is 332 g/mol. The van der Waals surface area contributed by atoms with Gasteiger partial charge in [0, 0.05) is 45.5 Å². The molecule has 0 bridgehead atoms. The van der Waals surface area contributed by atoms with Crippen molar-refractivity contribution in [3.63, 3.8) is 0 Å². The van der Waals surface area contributed by atoms with E-state index in [4.69, 9.17) is 4.74 Å². The van der Waals surface area contributed by atoms with Crippen molar-refractivity contribution in [2.45, 2.75) is 19.8 Å². The number of aromatic nitrogens is 1. The van der Waals surface area contributed by atoms with E-state index in [9.17, 15) is 9.59 Å². The van der Waals surface area contributed by atoms with Crippen LogP contribution < -0.4 is 4.90 Å². The maximum atomic E-state index is 12.7. The maximum Gasteiger partial charge on any atom is 0.409 e. The van der Waals surface area contributed by atoms with Crippen LogP contribution in [0, 0.1) is 0 Å². The first-order valence-corrected chi connectivity index (χ1v) is 8.60. The van der Waals surface area contributed by atoms with Crippen molar-refractivity contribution in [3.05, 3.63) is 24.0 Å². The molecule has 0 saturated carbocycles.